The van der Waals surface area contributed by atoms with Gasteiger partial charge >= 0.3 is 18.2 Å². The van der Waals surface area contributed by atoms with E-state index in [-0.39, 0.29) is 42.7 Å². The highest BCUT2D eigenvalue weighted by atomic mass is 32.2. The van der Waals surface area contributed by atoms with Gasteiger partial charge in [-0.3, -0.25) is 35.8 Å². The van der Waals surface area contributed by atoms with E-state index in [2.05, 4.69) is 4.74 Å². The monoisotopic (exact) mass is 514 g/mol. The van der Waals surface area contributed by atoms with Crippen LogP contribution in [0.2, 0.25) is 0 Å². The predicted octanol–water partition coefficient (Wildman–Crippen LogP) is 0.944. The van der Waals surface area contributed by atoms with Gasteiger partial charge in [-0.15, -0.1) is 0 Å². The molecular weight excluding hydrogens is 487 g/mol. The average Bonchev–Trinajstić information content (AvgIpc) is 3.17. The predicted molar refractivity (Wildman–Crippen MR) is 125 cm³/mol. The summed E-state index contributed by atoms with van der Waals surface area (Å²) in [6, 6.07) is 3.93. The molecule has 1 aromatic carbocycles. The van der Waals surface area contributed by atoms with Crippen molar-refractivity contribution in [2.75, 3.05) is 37.0 Å². The van der Waals surface area contributed by atoms with Gasteiger partial charge in [0.25, 0.3) is 0 Å². The minimum Gasteiger partial charge on any atom is -0.462 e. The number of anilines is 1. The summed E-state index contributed by atoms with van der Waals surface area (Å²) >= 11 is -1.09. The maximum Gasteiger partial charge on any atom is 0.416 e. The number of Topliss-reactive ketones (excluding diaryl/α,β-unsaturated/α-hetero) is 1. The minimum absolute atomic E-state index is 0.0748. The first-order valence-corrected chi connectivity index (χ1v) is 12.7. The lowest BCUT2D eigenvalue weighted by Gasteiger charge is -2.23. The molecule has 2 saturated heterocycles. The summed E-state index contributed by atoms with van der Waals surface area (Å²) in [6.45, 7) is 1.52. The number of carbonyl (C=O) groups excluding carboxylic acids is 6. The van der Waals surface area contributed by atoms with Crippen LogP contribution in [-0.2, 0) is 33.4 Å². The lowest BCUT2D eigenvalue weighted by Crippen LogP contribution is -2.42. The molecular formula is C22H27FN2O9S. The topological polar surface area (TPSA) is 137 Å². The first-order valence-electron chi connectivity index (χ1n) is 11.0. The van der Waals surface area contributed by atoms with Gasteiger partial charge in [-0.05, 0) is 29.9 Å². The number of rotatable bonds is 7. The summed E-state index contributed by atoms with van der Waals surface area (Å²) in [5.74, 6) is -2.65. The maximum absolute atomic E-state index is 14.9. The van der Waals surface area contributed by atoms with E-state index in [9.17, 15) is 33.2 Å². The van der Waals surface area contributed by atoms with E-state index in [0.29, 0.717) is 12.2 Å². The Bertz CT molecular complexity index is 1060. The summed E-state index contributed by atoms with van der Waals surface area (Å²) in [6.07, 6.45) is -2.27. The van der Waals surface area contributed by atoms with Crippen molar-refractivity contribution < 1.29 is 47.4 Å². The van der Waals surface area contributed by atoms with Gasteiger partial charge in [0, 0.05) is 13.8 Å². The molecule has 1 aromatic rings. The Morgan fingerprint density at radius 1 is 1.17 bits per heavy atom. The number of esters is 1. The van der Waals surface area contributed by atoms with Crippen LogP contribution in [0.25, 0.3) is 0 Å². The molecule has 192 valence electrons. The summed E-state index contributed by atoms with van der Waals surface area (Å²) < 4.78 is 29.6. The largest absolute Gasteiger partial charge is 0.462 e. The Morgan fingerprint density at radius 2 is 1.89 bits per heavy atom. The van der Waals surface area contributed by atoms with Gasteiger partial charge in [0.05, 0.1) is 24.7 Å². The summed E-state index contributed by atoms with van der Waals surface area (Å²) in [7, 11) is 0. The molecule has 3 rings (SSSR count). The van der Waals surface area contributed by atoms with Crippen molar-refractivity contribution in [3.05, 3.63) is 29.6 Å². The van der Waals surface area contributed by atoms with Gasteiger partial charge in [-0.2, -0.15) is 0 Å². The molecule has 2 heterocycles. The molecule has 0 radical (unpaired) electrons. The molecule has 2 aliphatic rings. The van der Waals surface area contributed by atoms with E-state index >= 15 is 0 Å². The van der Waals surface area contributed by atoms with Crippen LogP contribution in [0, 0.1) is 5.82 Å². The zero-order valence-corrected chi connectivity index (χ0v) is 20.7. The highest BCUT2D eigenvalue weighted by Crippen LogP contribution is 2.33. The van der Waals surface area contributed by atoms with Gasteiger partial charge < -0.3 is 14.2 Å². The van der Waals surface area contributed by atoms with E-state index in [4.69, 9.17) is 9.47 Å². The highest BCUT2D eigenvalue weighted by molar-refractivity contribution is 8.15. The van der Waals surface area contributed by atoms with E-state index in [1.807, 2.05) is 0 Å². The molecule has 2 aliphatic heterocycles. The van der Waals surface area contributed by atoms with Crippen LogP contribution in [0.3, 0.4) is 0 Å². The number of carbonyl (C=O) groups is 6. The smallest absolute Gasteiger partial charge is 0.416 e. The number of cyclic esters (lactones) is 1. The van der Waals surface area contributed by atoms with Gasteiger partial charge in [-0.25, -0.2) is 18.9 Å². The molecule has 3 amide bonds. The number of ketones is 1. The van der Waals surface area contributed by atoms with Crippen LogP contribution in [0.1, 0.15) is 31.7 Å². The van der Waals surface area contributed by atoms with Crippen molar-refractivity contribution in [2.45, 2.75) is 32.3 Å². The van der Waals surface area contributed by atoms with Crippen molar-refractivity contribution in [1.82, 2.24) is 4.90 Å². The number of imide groups is 1. The third kappa shape index (κ3) is 6.35. The zero-order chi connectivity index (χ0) is 25.7. The van der Waals surface area contributed by atoms with Gasteiger partial charge in [0.1, 0.15) is 25.1 Å². The normalized spacial score (nSPS) is 20.1. The van der Waals surface area contributed by atoms with Gasteiger partial charge in [0.15, 0.2) is 0 Å². The number of hydrogen-bond donors (Lipinski definition) is 0. The Labute approximate surface area is 203 Å². The molecule has 1 unspecified atom stereocenters. The fourth-order valence-corrected chi connectivity index (χ4v) is 5.36. The highest BCUT2D eigenvalue weighted by Gasteiger charge is 2.37. The first kappa shape index (κ1) is 26.1. The Hall–Kier alpha value is -3.48. The van der Waals surface area contributed by atoms with E-state index in [1.54, 1.807) is 0 Å². The number of ether oxygens (including phenoxy) is 3. The zero-order valence-electron chi connectivity index (χ0n) is 19.3. The Balaban J connectivity index is 1.64. The molecule has 2 fully saturated rings. The second-order valence-electron chi connectivity index (χ2n) is 8.14. The van der Waals surface area contributed by atoms with E-state index < -0.39 is 59.4 Å². The molecule has 0 aromatic heterocycles. The molecule has 35 heavy (non-hydrogen) atoms. The van der Waals surface area contributed by atoms with Crippen LogP contribution >= 0.6 is 11.8 Å². The number of hydrogen-bond acceptors (Lipinski definition) is 9. The second-order valence-corrected chi connectivity index (χ2v) is 9.99. The van der Waals surface area contributed by atoms with E-state index in [0.717, 1.165) is 22.8 Å². The van der Waals surface area contributed by atoms with Crippen molar-refractivity contribution in [3.8, 4) is 0 Å². The van der Waals surface area contributed by atoms with E-state index in [1.165, 1.54) is 19.1 Å². The molecule has 0 spiro atoms. The van der Waals surface area contributed by atoms with Crippen LogP contribution in [0.5, 0.6) is 0 Å². The molecule has 0 aliphatic carbocycles. The van der Waals surface area contributed by atoms with Crippen molar-refractivity contribution in [3.63, 3.8) is 0 Å². The number of halogens is 1. The summed E-state index contributed by atoms with van der Waals surface area (Å²) in [5.41, 5.74) is 0.283. The quantitative estimate of drug-likeness (QED) is 0.225. The Morgan fingerprint density at radius 3 is 2.54 bits per heavy atom. The summed E-state index contributed by atoms with van der Waals surface area (Å²) in [5, 5.41) is -0.379. The van der Waals surface area contributed by atoms with Crippen LogP contribution in [0.15, 0.2) is 18.2 Å². The molecule has 13 heteroatoms. The number of amides is 3. The lowest BCUT2D eigenvalue weighted by atomic mass is 9.91. The van der Waals surface area contributed by atoms with Crippen molar-refractivity contribution in [1.29, 1.82) is 0 Å². The van der Waals surface area contributed by atoms with Crippen LogP contribution in [0.4, 0.5) is 19.7 Å². The number of nitrogens with zero attached hydrogens (tertiary/aromatic N) is 2. The van der Waals surface area contributed by atoms with Crippen molar-refractivity contribution in [2.24, 2.45) is 0 Å². The SMILES string of the molecule is CC(=O)OCCOC(=O)N(C[C@H]1CN(c2ccc(C3CC[SH4]C(=O)C3=O)c(F)c2)C(=O)O1)C(C)=O. The number of benzene rings is 1. The van der Waals surface area contributed by atoms with Crippen LogP contribution < -0.4 is 4.90 Å². The lowest BCUT2D eigenvalue weighted by molar-refractivity contribution is -0.142. The standard InChI is InChI=1S/C22H27FN2O9S/c1-12(26)24(21(30)33-7-6-32-13(2)27)10-15-11-25(22(31)34-15)14-3-4-16(18(23)9-14)17-5-8-35-20(29)19(17)28/h3-4,9,15,17H,5-8,10-11H2,1-2H3,35H4/t15-,17?/m0/s1. The third-order valence-electron chi connectivity index (χ3n) is 5.63. The molecule has 0 bridgehead atoms. The molecule has 0 N–H and O–H groups in total. The van der Waals surface area contributed by atoms with Crippen molar-refractivity contribution >= 4 is 52.4 Å². The van der Waals surface area contributed by atoms with Gasteiger partial charge in [-0.1, -0.05) is 6.07 Å². The average molecular weight is 515 g/mol. The Kier molecular flexibility index (Phi) is 8.43. The second kappa shape index (κ2) is 11.3. The van der Waals surface area contributed by atoms with Crippen LogP contribution in [-0.4, -0.2) is 78.0 Å². The molecule has 11 nitrogen and oxygen atoms in total. The van der Waals surface area contributed by atoms with Gasteiger partial charge in [0.2, 0.25) is 16.8 Å². The maximum atomic E-state index is 14.9. The minimum atomic E-state index is -1.09. The first-order chi connectivity index (χ1) is 16.6. The molecule has 2 atom stereocenters. The summed E-state index contributed by atoms with van der Waals surface area (Å²) in [4.78, 5) is 73.1. The fourth-order valence-electron chi connectivity index (χ4n) is 3.93. The fraction of sp³-hybridized carbons (Fsp3) is 0.455. The molecule has 0 saturated carbocycles. The third-order valence-corrected chi connectivity index (χ3v) is 7.20.